The van der Waals surface area contributed by atoms with Gasteiger partial charge >= 0.3 is 11.9 Å². The molecule has 1 unspecified atom stereocenters. The molecule has 10 fully saturated rings. The number of nitrogens with two attached hydrogens (primary N) is 1. The van der Waals surface area contributed by atoms with Gasteiger partial charge in [-0.2, -0.15) is 0 Å². The summed E-state index contributed by atoms with van der Waals surface area (Å²) in [5.74, 6) is 5.18. The third kappa shape index (κ3) is 6.05. The number of hydrogen-bond acceptors (Lipinski definition) is 8. The molecule has 8 heteroatoms. The Hall–Kier alpha value is -3.36. The largest absolute Gasteiger partial charge is 0.509 e. The van der Waals surface area contributed by atoms with Crippen molar-refractivity contribution >= 4 is 11.9 Å². The number of fused-ring (bicyclic) bond motifs is 5. The van der Waals surface area contributed by atoms with Crippen molar-refractivity contribution in [1.29, 1.82) is 0 Å². The van der Waals surface area contributed by atoms with Crippen LogP contribution < -0.4 is 5.73 Å². The first kappa shape index (κ1) is 50.0. The van der Waals surface area contributed by atoms with Crippen LogP contribution in [0.4, 0.5) is 0 Å². The van der Waals surface area contributed by atoms with Gasteiger partial charge in [0.15, 0.2) is 11.4 Å². The summed E-state index contributed by atoms with van der Waals surface area (Å²) in [6.07, 6.45) is 45.9. The zero-order valence-corrected chi connectivity index (χ0v) is 48.6. The number of allylic oxidation sites excluding steroid dienone is 4. The lowest BCUT2D eigenvalue weighted by Gasteiger charge is -2.73. The number of aliphatic hydroxyl groups excluding tert-OH is 1. The van der Waals surface area contributed by atoms with Gasteiger partial charge in [0.05, 0.1) is 11.0 Å². The molecule has 1 aromatic carbocycles. The molecule has 428 valence electrons. The Labute approximate surface area is 478 Å². The lowest BCUT2D eigenvalue weighted by molar-refractivity contribution is -0.282. The molecule has 0 aromatic heterocycles. The van der Waals surface area contributed by atoms with Crippen molar-refractivity contribution in [3.05, 3.63) is 81.0 Å². The van der Waals surface area contributed by atoms with E-state index in [0.29, 0.717) is 107 Å². The number of ether oxygens (including phenoxy) is 2. The predicted octanol–water partition coefficient (Wildman–Crippen LogP) is 14.7. The second-order valence-electron chi connectivity index (χ2n) is 31.7. The van der Waals surface area contributed by atoms with Crippen LogP contribution in [0.3, 0.4) is 0 Å². The number of carbonyl (C=O) groups excluding carboxylic acids is 2. The van der Waals surface area contributed by atoms with E-state index < -0.39 is 16.4 Å². The fraction of sp³-hybridized carbons (Fsp3) is 0.778. The molecule has 3 saturated heterocycles. The van der Waals surface area contributed by atoms with Crippen LogP contribution in [-0.2, 0) is 26.3 Å². The molecule has 80 heavy (non-hydrogen) atoms. The minimum Gasteiger partial charge on any atom is -0.509 e. The van der Waals surface area contributed by atoms with Crippen molar-refractivity contribution in [2.24, 2.45) is 97.9 Å². The molecule has 9 heterocycles. The van der Waals surface area contributed by atoms with E-state index in [4.69, 9.17) is 15.2 Å². The molecular formula is C72H95N3O5. The van der Waals surface area contributed by atoms with Gasteiger partial charge in [0.2, 0.25) is 0 Å². The Bertz CT molecular complexity index is 2920. The van der Waals surface area contributed by atoms with Crippen molar-refractivity contribution in [1.82, 2.24) is 9.80 Å². The van der Waals surface area contributed by atoms with Crippen LogP contribution in [0, 0.1) is 92.2 Å². The number of nitrogens with zero attached hydrogens (tertiary/aromatic N) is 2. The molecule has 21 rings (SSSR count). The minimum atomic E-state index is -1.14. The normalized spacial score (nSPS) is 47.4. The SMILES string of the molecule is NCCCc1cccc2c1C(=O)O[C@@]21[C@H]2C[C@H](C3CCCC3)/C=C\[C@H]3C[C@@H]4[C@@H]5C6=C3[C@@]23C(=O)O/C(=C(/O)C[C@H]([C@H]2CC7(CCCC7)[C@@]7(CCCC78CCCC8)C2)N2C[C@H]7C[C@@H](C2)[C@H]2CCC(=C5N2C7)C[C@@H]4C2CCCCC2)[C@]31CC6. The molecule has 7 saturated carbocycles. The summed E-state index contributed by atoms with van der Waals surface area (Å²) in [6.45, 7) is 3.96. The number of esters is 2. The number of hydrogen-bond donors (Lipinski definition) is 2. The van der Waals surface area contributed by atoms with Crippen LogP contribution in [0.2, 0.25) is 0 Å². The zero-order valence-electron chi connectivity index (χ0n) is 48.6. The van der Waals surface area contributed by atoms with Crippen LogP contribution in [0.1, 0.15) is 227 Å². The van der Waals surface area contributed by atoms with E-state index in [1.54, 1.807) is 16.8 Å². The lowest BCUT2D eigenvalue weighted by atomic mass is 9.27. The van der Waals surface area contributed by atoms with Crippen molar-refractivity contribution in [2.45, 2.75) is 230 Å². The van der Waals surface area contributed by atoms with Crippen LogP contribution in [0.25, 0.3) is 0 Å². The lowest BCUT2D eigenvalue weighted by Crippen LogP contribution is -2.78. The third-order valence-corrected chi connectivity index (χ3v) is 29.6. The van der Waals surface area contributed by atoms with E-state index in [1.807, 2.05) is 0 Å². The Balaban J connectivity index is 0.888. The summed E-state index contributed by atoms with van der Waals surface area (Å²) in [4.78, 5) is 38.6. The maximum Gasteiger partial charge on any atom is 0.339 e. The smallest absolute Gasteiger partial charge is 0.339 e. The summed E-state index contributed by atoms with van der Waals surface area (Å²) in [5, 5.41) is 14.2. The first-order valence-corrected chi connectivity index (χ1v) is 34.5. The maximum absolute atomic E-state index is 16.9. The van der Waals surface area contributed by atoms with Crippen LogP contribution in [0.5, 0.6) is 0 Å². The number of aliphatic hydroxyl groups is 1. The highest BCUT2D eigenvalue weighted by atomic mass is 16.6. The quantitative estimate of drug-likeness (QED) is 0.214. The molecule has 1 aromatic rings. The van der Waals surface area contributed by atoms with Gasteiger partial charge in [-0.05, 0) is 216 Å². The summed E-state index contributed by atoms with van der Waals surface area (Å²) in [5.41, 5.74) is 13.6. The highest BCUT2D eigenvalue weighted by Gasteiger charge is 2.94. The Morgan fingerprint density at radius 1 is 0.700 bits per heavy atom. The number of rotatable bonds is 6. The number of aryl methyl sites for hydroxylation is 1. The van der Waals surface area contributed by atoms with E-state index >= 15 is 9.59 Å². The molecule has 16 atom stereocenters. The molecule has 11 aliphatic carbocycles. The van der Waals surface area contributed by atoms with Gasteiger partial charge < -0.3 is 25.2 Å². The van der Waals surface area contributed by atoms with E-state index in [0.717, 1.165) is 55.8 Å². The van der Waals surface area contributed by atoms with Gasteiger partial charge in [-0.15, -0.1) is 0 Å². The standard InChI is InChI=1S/C72H95N3O5/c73-32-11-18-46-17-10-19-55-60(46)65(77)80-72(55)59-36-47(44-13-4-5-14-44)20-21-48-34-54-53(45-15-2-1-3-16-45)35-49-22-23-56-50-33-43-40-74(42-50)57(51-38-68(27-8-9-28-68)69(39-51)30-12-29-67(69)25-6-7-26-67)37-58(76)64-70(72)31-24-52(61(54)63(49)75(56)41-43)62(48)71(59,70)66(78)79-64/h10,17,19-21,43-45,47-48,50-51,53-54,56-57,59,61,76H,1-9,11-16,18,22-42,73H2/b21-20-,64-58+/t43-,47-,48+,50+,51+,53-,54+,56-,57-,59+,61+,69+,70-,71-,72-/m1/s1. The number of piperidine rings is 2. The monoisotopic (exact) mass is 1080 g/mol. The second kappa shape index (κ2) is 17.6. The van der Waals surface area contributed by atoms with Gasteiger partial charge in [-0.3, -0.25) is 9.69 Å². The molecule has 3 N–H and O–H groups in total. The van der Waals surface area contributed by atoms with Crippen LogP contribution in [0.15, 0.2) is 64.3 Å². The molecule has 6 spiro atoms. The minimum absolute atomic E-state index is 0.116. The molecule has 20 aliphatic rings. The van der Waals surface area contributed by atoms with Gasteiger partial charge in [0.1, 0.15) is 11.2 Å². The topological polar surface area (TPSA) is 105 Å². The zero-order chi connectivity index (χ0) is 53.1. The summed E-state index contributed by atoms with van der Waals surface area (Å²) in [6, 6.07) is 7.28. The molecule has 12 bridgehead atoms. The van der Waals surface area contributed by atoms with E-state index in [9.17, 15) is 5.11 Å². The van der Waals surface area contributed by atoms with Gasteiger partial charge in [0.25, 0.3) is 0 Å². The highest BCUT2D eigenvalue weighted by Crippen LogP contribution is 2.89. The van der Waals surface area contributed by atoms with Crippen LogP contribution >= 0.6 is 0 Å². The first-order valence-electron chi connectivity index (χ1n) is 34.5. The third-order valence-electron chi connectivity index (χ3n) is 29.6. The van der Waals surface area contributed by atoms with Gasteiger partial charge in [-0.1, -0.05) is 119 Å². The van der Waals surface area contributed by atoms with Crippen molar-refractivity contribution < 1.29 is 24.2 Å². The van der Waals surface area contributed by atoms with Crippen molar-refractivity contribution in [3.8, 4) is 0 Å². The van der Waals surface area contributed by atoms with Crippen LogP contribution in [-0.4, -0.2) is 65.1 Å². The fourth-order valence-corrected chi connectivity index (χ4v) is 27.4. The number of carbonyl (C=O) groups is 2. The van der Waals surface area contributed by atoms with Crippen molar-refractivity contribution in [3.63, 3.8) is 0 Å². The molecule has 0 amide bonds. The Morgan fingerprint density at radius 3 is 2.31 bits per heavy atom. The molecule has 0 radical (unpaired) electrons. The van der Waals surface area contributed by atoms with E-state index in [-0.39, 0.29) is 35.7 Å². The summed E-state index contributed by atoms with van der Waals surface area (Å²) >= 11 is 0. The average Bonchev–Trinajstić information content (AvgIpc) is 1.50. The molecule has 8 nitrogen and oxygen atoms in total. The summed E-state index contributed by atoms with van der Waals surface area (Å²) in [7, 11) is 0. The fourth-order valence-electron chi connectivity index (χ4n) is 27.4. The van der Waals surface area contributed by atoms with Gasteiger partial charge in [-0.25, -0.2) is 4.79 Å². The maximum atomic E-state index is 16.9. The van der Waals surface area contributed by atoms with E-state index in [2.05, 4.69) is 40.2 Å². The average molecular weight is 1080 g/mol. The van der Waals surface area contributed by atoms with E-state index in [1.165, 1.54) is 179 Å². The predicted molar refractivity (Wildman–Crippen MR) is 309 cm³/mol. The number of benzene rings is 1. The summed E-state index contributed by atoms with van der Waals surface area (Å²) < 4.78 is 15.0. The van der Waals surface area contributed by atoms with Crippen molar-refractivity contribution in [2.75, 3.05) is 26.2 Å². The first-order chi connectivity index (χ1) is 39.2. The molecule has 9 aliphatic heterocycles. The Kier molecular flexibility index (Phi) is 11.0. The highest BCUT2D eigenvalue weighted by molar-refractivity contribution is 6.00. The second-order valence-corrected chi connectivity index (χ2v) is 31.7. The molecular weight excluding hydrogens is 987 g/mol. The Morgan fingerprint density at radius 2 is 1.49 bits per heavy atom. The van der Waals surface area contributed by atoms with Gasteiger partial charge in [0, 0.05) is 61.2 Å².